The molecule has 0 radical (unpaired) electrons. The summed E-state index contributed by atoms with van der Waals surface area (Å²) in [6.07, 6.45) is 3.40. The number of nitrogens with zero attached hydrogens (tertiary/aromatic N) is 1. The van der Waals surface area contributed by atoms with Gasteiger partial charge >= 0.3 is 0 Å². The Bertz CT molecular complexity index is 748. The molecule has 0 N–H and O–H groups in total. The molecule has 0 spiro atoms. The first kappa shape index (κ1) is 15.6. The van der Waals surface area contributed by atoms with Crippen LogP contribution in [-0.4, -0.2) is 9.19 Å². The lowest BCUT2D eigenvalue weighted by Crippen LogP contribution is -2.11. The van der Waals surface area contributed by atoms with Gasteiger partial charge in [0, 0.05) is 22.9 Å². The molecule has 0 fully saturated rings. The average molecular weight is 323 g/mol. The Morgan fingerprint density at radius 1 is 0.913 bits per heavy atom. The fourth-order valence-electron chi connectivity index (χ4n) is 2.22. The van der Waals surface area contributed by atoms with Gasteiger partial charge in [-0.15, -0.1) is 0 Å². The van der Waals surface area contributed by atoms with Crippen LogP contribution in [0.4, 0.5) is 0 Å². The zero-order valence-electron chi connectivity index (χ0n) is 12.5. The third-order valence-corrected chi connectivity index (χ3v) is 4.90. The molecule has 2 atom stereocenters. The monoisotopic (exact) mass is 323 g/mol. The van der Waals surface area contributed by atoms with Crippen LogP contribution < -0.4 is 0 Å². The van der Waals surface area contributed by atoms with Gasteiger partial charge in [0.2, 0.25) is 0 Å². The molecule has 3 rings (SSSR count). The van der Waals surface area contributed by atoms with Crippen molar-refractivity contribution >= 4 is 10.8 Å². The Kier molecular flexibility index (Phi) is 5.29. The van der Waals surface area contributed by atoms with Crippen LogP contribution >= 0.6 is 0 Å². The number of pyridine rings is 1. The fourth-order valence-corrected chi connectivity index (χ4v) is 3.47. The zero-order valence-corrected chi connectivity index (χ0v) is 13.4. The van der Waals surface area contributed by atoms with E-state index in [0.29, 0.717) is 6.61 Å². The van der Waals surface area contributed by atoms with Crippen LogP contribution in [0.5, 0.6) is 0 Å². The van der Waals surface area contributed by atoms with Crippen molar-refractivity contribution in [3.8, 4) is 0 Å². The smallest absolute Gasteiger partial charge is 0.164 e. The van der Waals surface area contributed by atoms with Gasteiger partial charge in [-0.3, -0.25) is 9.19 Å². The van der Waals surface area contributed by atoms with Crippen LogP contribution in [0.2, 0.25) is 0 Å². The second kappa shape index (κ2) is 7.81. The summed E-state index contributed by atoms with van der Waals surface area (Å²) >= 11 is 0. The Balaban J connectivity index is 1.84. The van der Waals surface area contributed by atoms with Crippen molar-refractivity contribution in [2.45, 2.75) is 16.9 Å². The molecule has 1 aromatic heterocycles. The maximum absolute atomic E-state index is 12.9. The van der Waals surface area contributed by atoms with Crippen molar-refractivity contribution in [1.29, 1.82) is 0 Å². The lowest BCUT2D eigenvalue weighted by Gasteiger charge is -2.18. The Labute approximate surface area is 138 Å². The van der Waals surface area contributed by atoms with Gasteiger partial charge in [-0.2, -0.15) is 0 Å². The van der Waals surface area contributed by atoms with Crippen LogP contribution in [0.25, 0.3) is 0 Å². The lowest BCUT2D eigenvalue weighted by molar-refractivity contribution is 0.0955. The summed E-state index contributed by atoms with van der Waals surface area (Å²) in [6.45, 7) is 0.402. The van der Waals surface area contributed by atoms with Crippen molar-refractivity contribution < 1.29 is 8.95 Å². The van der Waals surface area contributed by atoms with Gasteiger partial charge in [-0.05, 0) is 23.8 Å². The molecule has 0 aliphatic carbocycles. The maximum atomic E-state index is 12.9. The third kappa shape index (κ3) is 4.12. The van der Waals surface area contributed by atoms with Crippen LogP contribution in [0.15, 0.2) is 90.1 Å². The highest BCUT2D eigenvalue weighted by Gasteiger charge is 2.21. The summed E-state index contributed by atoms with van der Waals surface area (Å²) in [7, 11) is -1.31. The molecule has 3 nitrogen and oxygen atoms in total. The van der Waals surface area contributed by atoms with Gasteiger partial charge in [0.15, 0.2) is 5.44 Å². The summed E-state index contributed by atoms with van der Waals surface area (Å²) in [5.74, 6) is 0. The highest BCUT2D eigenvalue weighted by molar-refractivity contribution is 7.85. The van der Waals surface area contributed by atoms with Crippen LogP contribution in [0.1, 0.15) is 16.6 Å². The molecule has 23 heavy (non-hydrogen) atoms. The molecule has 0 amide bonds. The molecule has 1 heterocycles. The standard InChI is InChI=1S/C19H17NO2S/c21-23(18-11-5-2-6-12-18)19(17-10-7-13-20-14-17)22-15-16-8-3-1-4-9-16/h1-14,19H,15H2. The zero-order chi connectivity index (χ0) is 15.9. The van der Waals surface area contributed by atoms with Crippen LogP contribution in [-0.2, 0) is 22.1 Å². The SMILES string of the molecule is O=S(c1ccccc1)C(OCc1ccccc1)c1cccnc1. The largest absolute Gasteiger partial charge is 0.355 e. The summed E-state index contributed by atoms with van der Waals surface area (Å²) < 4.78 is 18.9. The number of hydrogen-bond donors (Lipinski definition) is 0. The van der Waals surface area contributed by atoms with Crippen LogP contribution in [0.3, 0.4) is 0 Å². The van der Waals surface area contributed by atoms with E-state index in [9.17, 15) is 4.21 Å². The summed E-state index contributed by atoms with van der Waals surface area (Å²) in [6, 6.07) is 23.0. The van der Waals surface area contributed by atoms with Crippen molar-refractivity contribution in [1.82, 2.24) is 4.98 Å². The maximum Gasteiger partial charge on any atom is 0.164 e. The second-order valence-corrected chi connectivity index (χ2v) is 6.52. The number of hydrogen-bond acceptors (Lipinski definition) is 3. The molecule has 2 unspecified atom stereocenters. The number of rotatable bonds is 6. The molecule has 3 aromatic rings. The summed E-state index contributed by atoms with van der Waals surface area (Å²) in [5, 5.41) is 0. The first-order valence-electron chi connectivity index (χ1n) is 7.35. The Hall–Kier alpha value is -2.30. The fraction of sp³-hybridized carbons (Fsp3) is 0.105. The summed E-state index contributed by atoms with van der Waals surface area (Å²) in [5.41, 5.74) is 1.31. The van der Waals surface area contributed by atoms with E-state index in [-0.39, 0.29) is 0 Å². The molecule has 4 heteroatoms. The van der Waals surface area contributed by atoms with Crippen LogP contribution in [0, 0.1) is 0 Å². The van der Waals surface area contributed by atoms with Crippen molar-refractivity contribution in [3.05, 3.63) is 96.3 Å². The average Bonchev–Trinajstić information content (AvgIpc) is 2.64. The van der Waals surface area contributed by atoms with E-state index in [4.69, 9.17) is 4.74 Å². The minimum atomic E-state index is -1.31. The number of aromatic nitrogens is 1. The van der Waals surface area contributed by atoms with Gasteiger partial charge in [0.1, 0.15) is 0 Å². The molecule has 0 aliphatic heterocycles. The molecule has 0 saturated heterocycles. The molecule has 116 valence electrons. The first-order chi connectivity index (χ1) is 11.3. The normalized spacial score (nSPS) is 13.4. The highest BCUT2D eigenvalue weighted by Crippen LogP contribution is 2.27. The molecular formula is C19H17NO2S. The van der Waals surface area contributed by atoms with E-state index >= 15 is 0 Å². The topological polar surface area (TPSA) is 39.2 Å². The Morgan fingerprint density at radius 2 is 1.61 bits per heavy atom. The first-order valence-corrected chi connectivity index (χ1v) is 8.57. The lowest BCUT2D eigenvalue weighted by atomic mass is 10.2. The predicted octanol–water partition coefficient (Wildman–Crippen LogP) is 4.10. The van der Waals surface area contributed by atoms with Gasteiger partial charge in [-0.1, -0.05) is 54.6 Å². The minimum absolute atomic E-state index is 0.402. The molecule has 0 aliphatic rings. The number of benzene rings is 2. The Morgan fingerprint density at radius 3 is 2.26 bits per heavy atom. The van der Waals surface area contributed by atoms with Gasteiger partial charge in [0.25, 0.3) is 0 Å². The summed E-state index contributed by atoms with van der Waals surface area (Å²) in [4.78, 5) is 4.87. The number of ether oxygens (including phenoxy) is 1. The van der Waals surface area contributed by atoms with E-state index in [1.807, 2.05) is 72.8 Å². The van der Waals surface area contributed by atoms with Gasteiger partial charge in [0.05, 0.1) is 17.4 Å². The molecule has 0 bridgehead atoms. The van der Waals surface area contributed by atoms with Crippen molar-refractivity contribution in [3.63, 3.8) is 0 Å². The van der Waals surface area contributed by atoms with E-state index in [1.54, 1.807) is 12.4 Å². The predicted molar refractivity (Wildman–Crippen MR) is 91.1 cm³/mol. The van der Waals surface area contributed by atoms with E-state index in [2.05, 4.69) is 4.98 Å². The second-order valence-electron chi connectivity index (χ2n) is 5.03. The molecule has 2 aromatic carbocycles. The molecular weight excluding hydrogens is 306 g/mol. The minimum Gasteiger partial charge on any atom is -0.355 e. The quantitative estimate of drug-likeness (QED) is 0.685. The van der Waals surface area contributed by atoms with Gasteiger partial charge in [-0.25, -0.2) is 0 Å². The van der Waals surface area contributed by atoms with E-state index in [0.717, 1.165) is 16.0 Å². The van der Waals surface area contributed by atoms with Crippen molar-refractivity contribution in [2.75, 3.05) is 0 Å². The van der Waals surface area contributed by atoms with E-state index < -0.39 is 16.2 Å². The highest BCUT2D eigenvalue weighted by atomic mass is 32.2. The van der Waals surface area contributed by atoms with Gasteiger partial charge < -0.3 is 4.74 Å². The molecule has 0 saturated carbocycles. The third-order valence-electron chi connectivity index (χ3n) is 3.37. The van der Waals surface area contributed by atoms with Crippen molar-refractivity contribution in [2.24, 2.45) is 0 Å². The van der Waals surface area contributed by atoms with E-state index in [1.165, 1.54) is 0 Å².